The summed E-state index contributed by atoms with van der Waals surface area (Å²) in [7, 11) is 1.18. The van der Waals surface area contributed by atoms with Crippen LogP contribution in [0.25, 0.3) is 0 Å². The van der Waals surface area contributed by atoms with Crippen molar-refractivity contribution in [2.45, 2.75) is 12.5 Å². The van der Waals surface area contributed by atoms with Crippen LogP contribution in [0.4, 0.5) is 0 Å². The molecule has 0 aromatic heterocycles. The summed E-state index contributed by atoms with van der Waals surface area (Å²) >= 11 is 0. The van der Waals surface area contributed by atoms with Crippen molar-refractivity contribution in [3.8, 4) is 5.75 Å². The molecule has 0 radical (unpaired) electrons. The highest BCUT2D eigenvalue weighted by molar-refractivity contribution is 6.00. The van der Waals surface area contributed by atoms with E-state index in [9.17, 15) is 14.7 Å². The van der Waals surface area contributed by atoms with Gasteiger partial charge in [0.15, 0.2) is 5.78 Å². The molecule has 0 saturated carbocycles. The van der Waals surface area contributed by atoms with E-state index in [2.05, 4.69) is 4.74 Å². The Hall–Kier alpha value is -1.63. The van der Waals surface area contributed by atoms with Gasteiger partial charge in [0.05, 0.1) is 13.7 Å². The molecule has 4 N–H and O–H groups in total. The van der Waals surface area contributed by atoms with E-state index in [0.717, 1.165) is 0 Å². The molecule has 1 unspecified atom stereocenters. The zero-order chi connectivity index (χ0) is 13.7. The number of benzene rings is 1. The Bertz CT molecular complexity index is 463. The topological polar surface area (TPSA) is 110 Å². The van der Waals surface area contributed by atoms with E-state index in [4.69, 9.17) is 10.8 Å². The van der Waals surface area contributed by atoms with Crippen LogP contribution >= 0.6 is 12.4 Å². The predicted octanol–water partition coefficient (Wildman–Crippen LogP) is 0.493. The number of hydrogen-bond acceptors (Lipinski definition) is 6. The number of rotatable bonds is 5. The third-order valence-electron chi connectivity index (χ3n) is 2.41. The summed E-state index contributed by atoms with van der Waals surface area (Å²) in [5.41, 5.74) is 5.60. The number of ether oxygens (including phenoxy) is 1. The molecule has 6 nitrogen and oxygen atoms in total. The molecule has 7 heteroatoms. The number of nitrogens with two attached hydrogens (primary N) is 1. The fourth-order valence-electron chi connectivity index (χ4n) is 1.40. The number of carbonyl (C=O) groups is 2. The standard InChI is InChI=1S/C12H15NO5.ClH/c1-18-12(17)9-4-7(2-3-10(9)15)11(16)5-8(13)6-14;/h2-4,8,14-15H,5-6,13H2,1H3;1H. The van der Waals surface area contributed by atoms with Gasteiger partial charge in [0.2, 0.25) is 0 Å². The Morgan fingerprint density at radius 3 is 2.58 bits per heavy atom. The van der Waals surface area contributed by atoms with Crippen molar-refractivity contribution in [1.29, 1.82) is 0 Å². The van der Waals surface area contributed by atoms with Gasteiger partial charge in [-0.05, 0) is 18.2 Å². The van der Waals surface area contributed by atoms with Gasteiger partial charge in [0.25, 0.3) is 0 Å². The number of aromatic hydroxyl groups is 1. The van der Waals surface area contributed by atoms with Gasteiger partial charge in [0.1, 0.15) is 11.3 Å². The number of aliphatic hydroxyl groups excluding tert-OH is 1. The van der Waals surface area contributed by atoms with Gasteiger partial charge in [-0.3, -0.25) is 4.79 Å². The van der Waals surface area contributed by atoms with Crippen LogP contribution in [0.3, 0.4) is 0 Å². The number of phenols is 1. The fourth-order valence-corrected chi connectivity index (χ4v) is 1.40. The van der Waals surface area contributed by atoms with Crippen molar-refractivity contribution in [2.75, 3.05) is 13.7 Å². The molecule has 19 heavy (non-hydrogen) atoms. The Kier molecular flexibility index (Phi) is 7.06. The predicted molar refractivity (Wildman–Crippen MR) is 70.7 cm³/mol. The van der Waals surface area contributed by atoms with Crippen molar-refractivity contribution in [3.05, 3.63) is 29.3 Å². The Balaban J connectivity index is 0.00000324. The quantitative estimate of drug-likeness (QED) is 0.538. The molecule has 0 fully saturated rings. The van der Waals surface area contributed by atoms with Gasteiger partial charge in [-0.25, -0.2) is 4.79 Å². The molecule has 1 aromatic carbocycles. The first-order valence-electron chi connectivity index (χ1n) is 5.30. The molecular weight excluding hydrogens is 274 g/mol. The Labute approximate surface area is 116 Å². The highest BCUT2D eigenvalue weighted by Gasteiger charge is 2.16. The van der Waals surface area contributed by atoms with E-state index < -0.39 is 12.0 Å². The number of halogens is 1. The van der Waals surface area contributed by atoms with Gasteiger partial charge in [-0.2, -0.15) is 0 Å². The highest BCUT2D eigenvalue weighted by Crippen LogP contribution is 2.20. The Morgan fingerprint density at radius 1 is 1.42 bits per heavy atom. The van der Waals surface area contributed by atoms with Crippen molar-refractivity contribution in [3.63, 3.8) is 0 Å². The zero-order valence-electron chi connectivity index (χ0n) is 10.3. The molecule has 0 bridgehead atoms. The summed E-state index contributed by atoms with van der Waals surface area (Å²) in [6, 6.07) is 3.22. The van der Waals surface area contributed by atoms with Crippen LogP contribution in [-0.4, -0.2) is 41.7 Å². The van der Waals surface area contributed by atoms with Gasteiger partial charge in [0, 0.05) is 18.0 Å². The number of methoxy groups -OCH3 is 1. The first-order chi connectivity index (χ1) is 8.49. The largest absolute Gasteiger partial charge is 0.507 e. The molecule has 0 saturated heterocycles. The van der Waals surface area contributed by atoms with Crippen molar-refractivity contribution < 1.29 is 24.5 Å². The second kappa shape index (κ2) is 7.73. The van der Waals surface area contributed by atoms with E-state index in [1.807, 2.05) is 0 Å². The molecule has 0 heterocycles. The molecule has 1 aromatic rings. The smallest absolute Gasteiger partial charge is 0.341 e. The molecule has 1 rings (SSSR count). The molecule has 0 spiro atoms. The van der Waals surface area contributed by atoms with E-state index in [1.54, 1.807) is 0 Å². The average Bonchev–Trinajstić information content (AvgIpc) is 2.38. The summed E-state index contributed by atoms with van der Waals surface area (Å²) in [6.07, 6.45) is -0.0398. The molecule has 0 aliphatic carbocycles. The number of Topliss-reactive ketones (excluding diaryl/α,β-unsaturated/α-hetero) is 1. The average molecular weight is 290 g/mol. The van der Waals surface area contributed by atoms with Crippen LogP contribution in [0.1, 0.15) is 27.1 Å². The van der Waals surface area contributed by atoms with Crippen LogP contribution in [0.5, 0.6) is 5.75 Å². The van der Waals surface area contributed by atoms with Crippen molar-refractivity contribution in [2.24, 2.45) is 5.73 Å². The summed E-state index contributed by atoms with van der Waals surface area (Å²) in [4.78, 5) is 23.1. The lowest BCUT2D eigenvalue weighted by Gasteiger charge is -2.08. The van der Waals surface area contributed by atoms with Crippen molar-refractivity contribution >= 4 is 24.2 Å². The number of hydrogen-bond donors (Lipinski definition) is 3. The lowest BCUT2D eigenvalue weighted by atomic mass is 10.0. The van der Waals surface area contributed by atoms with E-state index >= 15 is 0 Å². The third-order valence-corrected chi connectivity index (χ3v) is 2.41. The van der Waals surface area contributed by atoms with Crippen LogP contribution in [0, 0.1) is 0 Å². The molecular formula is C12H16ClNO5. The lowest BCUT2D eigenvalue weighted by molar-refractivity contribution is 0.0597. The van der Waals surface area contributed by atoms with Gasteiger partial charge in [-0.1, -0.05) is 0 Å². The molecule has 0 amide bonds. The molecule has 106 valence electrons. The number of carbonyl (C=O) groups excluding carboxylic acids is 2. The SMILES string of the molecule is COC(=O)c1cc(C(=O)CC(N)CO)ccc1O.Cl. The van der Waals surface area contributed by atoms with Crippen LogP contribution in [-0.2, 0) is 4.74 Å². The maximum Gasteiger partial charge on any atom is 0.341 e. The van der Waals surface area contributed by atoms with Gasteiger partial charge in [-0.15, -0.1) is 12.4 Å². The summed E-state index contributed by atoms with van der Waals surface area (Å²) < 4.78 is 4.48. The first kappa shape index (κ1) is 17.4. The maximum absolute atomic E-state index is 11.8. The normalized spacial score (nSPS) is 11.3. The number of aliphatic hydroxyl groups is 1. The van der Waals surface area contributed by atoms with Crippen LogP contribution in [0.15, 0.2) is 18.2 Å². The highest BCUT2D eigenvalue weighted by atomic mass is 35.5. The zero-order valence-corrected chi connectivity index (χ0v) is 11.1. The monoisotopic (exact) mass is 289 g/mol. The second-order valence-corrected chi connectivity index (χ2v) is 3.79. The lowest BCUT2D eigenvalue weighted by Crippen LogP contribution is -2.27. The minimum Gasteiger partial charge on any atom is -0.507 e. The van der Waals surface area contributed by atoms with Gasteiger partial charge >= 0.3 is 5.97 Å². The van der Waals surface area contributed by atoms with Crippen LogP contribution < -0.4 is 5.73 Å². The number of ketones is 1. The summed E-state index contributed by atoms with van der Waals surface area (Å²) in [5.74, 6) is -1.31. The molecule has 1 atom stereocenters. The number of phenolic OH excluding ortho intramolecular Hbond substituents is 1. The number of esters is 1. The maximum atomic E-state index is 11.8. The minimum atomic E-state index is -0.728. The molecule has 0 aliphatic heterocycles. The van der Waals surface area contributed by atoms with E-state index in [1.165, 1.54) is 25.3 Å². The summed E-state index contributed by atoms with van der Waals surface area (Å²) in [5, 5.41) is 18.2. The summed E-state index contributed by atoms with van der Waals surface area (Å²) in [6.45, 7) is -0.298. The second-order valence-electron chi connectivity index (χ2n) is 3.79. The Morgan fingerprint density at radius 2 is 2.05 bits per heavy atom. The third kappa shape index (κ3) is 4.51. The van der Waals surface area contributed by atoms with E-state index in [-0.39, 0.29) is 48.1 Å². The fraction of sp³-hybridized carbons (Fsp3) is 0.333. The first-order valence-corrected chi connectivity index (χ1v) is 5.30. The molecule has 0 aliphatic rings. The van der Waals surface area contributed by atoms with Crippen molar-refractivity contribution in [1.82, 2.24) is 0 Å². The van der Waals surface area contributed by atoms with E-state index in [0.29, 0.717) is 0 Å². The van der Waals surface area contributed by atoms with Crippen LogP contribution in [0.2, 0.25) is 0 Å². The van der Waals surface area contributed by atoms with Gasteiger partial charge < -0.3 is 20.7 Å². The minimum absolute atomic E-state index is 0.